The van der Waals surface area contributed by atoms with E-state index >= 15 is 0 Å². The van der Waals surface area contributed by atoms with E-state index in [1.807, 2.05) is 41.5 Å². The number of aliphatic hydroxyl groups is 1. The summed E-state index contributed by atoms with van der Waals surface area (Å²) in [6.45, 7) is 21.3. The summed E-state index contributed by atoms with van der Waals surface area (Å²) in [6, 6.07) is -0.629. The van der Waals surface area contributed by atoms with Crippen LogP contribution in [0.4, 0.5) is 9.59 Å². The van der Waals surface area contributed by atoms with E-state index in [1.165, 1.54) is 0 Å². The number of hydrogen-bond donors (Lipinski definition) is 3. The predicted molar refractivity (Wildman–Crippen MR) is 162 cm³/mol. The number of amides is 2. The van der Waals surface area contributed by atoms with E-state index in [0.29, 0.717) is 17.3 Å². The number of hydrogen-bond acceptors (Lipinski definition) is 9. The summed E-state index contributed by atoms with van der Waals surface area (Å²) in [7, 11) is 0. The highest BCUT2D eigenvalue weighted by atomic mass is 127. The molecule has 0 aromatic carbocycles. The zero-order chi connectivity index (χ0) is 31.9. The average Bonchev–Trinajstić information content (AvgIpc) is 2.69. The zero-order valence-corrected chi connectivity index (χ0v) is 28.6. The second-order valence-corrected chi connectivity index (χ2v) is 14.2. The van der Waals surface area contributed by atoms with Crippen molar-refractivity contribution in [2.45, 2.75) is 143 Å². The van der Waals surface area contributed by atoms with Crippen molar-refractivity contribution in [3.63, 3.8) is 0 Å². The molecule has 0 radical (unpaired) electrons. The number of nitrogens with one attached hydrogen (secondary N) is 2. The summed E-state index contributed by atoms with van der Waals surface area (Å²) >= 11 is 2.17. The van der Waals surface area contributed by atoms with Crippen LogP contribution in [-0.4, -0.2) is 74.8 Å². The minimum Gasteiger partial charge on any atom is -0.460 e. The third kappa shape index (κ3) is 27.7. The maximum Gasteiger partial charge on any atom is 0.407 e. The van der Waals surface area contributed by atoms with Gasteiger partial charge in [0.25, 0.3) is 0 Å². The first kappa shape index (κ1) is 40.3. The van der Waals surface area contributed by atoms with Gasteiger partial charge in [-0.15, -0.1) is 0 Å². The number of alkyl halides is 1. The fourth-order valence-electron chi connectivity index (χ4n) is 2.71. The first-order valence-corrected chi connectivity index (χ1v) is 15.0. The van der Waals surface area contributed by atoms with E-state index < -0.39 is 40.6 Å². The van der Waals surface area contributed by atoms with Crippen LogP contribution >= 0.6 is 22.6 Å². The molecule has 40 heavy (non-hydrogen) atoms. The molecule has 11 nitrogen and oxygen atoms in total. The number of aliphatic hydroxyl groups excluding tert-OH is 1. The van der Waals surface area contributed by atoms with Crippen LogP contribution < -0.4 is 10.6 Å². The van der Waals surface area contributed by atoms with Gasteiger partial charge in [0.05, 0.1) is 12.6 Å². The molecule has 0 bridgehead atoms. The first-order valence-electron chi connectivity index (χ1n) is 13.5. The van der Waals surface area contributed by atoms with Crippen molar-refractivity contribution >= 4 is 46.7 Å². The van der Waals surface area contributed by atoms with Gasteiger partial charge in [-0.25, -0.2) is 9.59 Å². The Morgan fingerprint density at radius 3 is 1.18 bits per heavy atom. The molecule has 12 heteroatoms. The predicted octanol–water partition coefficient (Wildman–Crippen LogP) is 5.43. The van der Waals surface area contributed by atoms with E-state index in [4.69, 9.17) is 18.9 Å². The summed E-state index contributed by atoms with van der Waals surface area (Å²) < 4.78 is 21.4. The minimum absolute atomic E-state index is 0.0991. The number of rotatable bonds is 10. The molecule has 0 saturated heterocycles. The lowest BCUT2D eigenvalue weighted by molar-refractivity contribution is -0.156. The van der Waals surface area contributed by atoms with Gasteiger partial charge in [-0.1, -0.05) is 22.6 Å². The highest BCUT2D eigenvalue weighted by Crippen LogP contribution is 2.13. The fourth-order valence-corrected chi connectivity index (χ4v) is 3.38. The molecule has 0 saturated carbocycles. The van der Waals surface area contributed by atoms with Crippen molar-refractivity contribution in [2.75, 3.05) is 11.0 Å². The topological polar surface area (TPSA) is 149 Å². The summed E-state index contributed by atoms with van der Waals surface area (Å²) in [4.78, 5) is 46.4. The van der Waals surface area contributed by atoms with Gasteiger partial charge in [0.1, 0.15) is 22.4 Å². The molecule has 0 unspecified atom stereocenters. The van der Waals surface area contributed by atoms with Crippen molar-refractivity contribution in [1.29, 1.82) is 0 Å². The van der Waals surface area contributed by atoms with E-state index in [9.17, 15) is 24.3 Å². The third-order valence-corrected chi connectivity index (χ3v) is 5.15. The normalized spacial score (nSPS) is 13.6. The summed E-state index contributed by atoms with van der Waals surface area (Å²) in [5.41, 5.74) is -2.14. The molecule has 0 heterocycles. The van der Waals surface area contributed by atoms with Gasteiger partial charge in [-0.3, -0.25) is 9.59 Å². The minimum atomic E-state index is -0.610. The van der Waals surface area contributed by atoms with Crippen LogP contribution in [0.15, 0.2) is 0 Å². The maximum absolute atomic E-state index is 11.6. The Morgan fingerprint density at radius 1 is 0.600 bits per heavy atom. The van der Waals surface area contributed by atoms with Gasteiger partial charge in [-0.05, 0) is 95.9 Å². The molecule has 0 aliphatic heterocycles. The Labute approximate surface area is 254 Å². The molecular weight excluding hydrogens is 635 g/mol. The zero-order valence-electron chi connectivity index (χ0n) is 26.5. The third-order valence-electron chi connectivity index (χ3n) is 4.08. The van der Waals surface area contributed by atoms with Crippen molar-refractivity contribution in [3.05, 3.63) is 0 Å². The van der Waals surface area contributed by atoms with E-state index in [-0.39, 0.29) is 37.4 Å². The molecular formula is C28H53IN2O9. The van der Waals surface area contributed by atoms with Crippen molar-refractivity contribution in [2.24, 2.45) is 0 Å². The van der Waals surface area contributed by atoms with Crippen LogP contribution in [0.3, 0.4) is 0 Å². The Balaban J connectivity index is 0. The van der Waals surface area contributed by atoms with Crippen LogP contribution in [0, 0.1) is 0 Å². The number of carbonyl (C=O) groups excluding carboxylic acids is 4. The highest BCUT2D eigenvalue weighted by Gasteiger charge is 2.23. The van der Waals surface area contributed by atoms with Gasteiger partial charge in [0, 0.05) is 23.3 Å². The summed E-state index contributed by atoms with van der Waals surface area (Å²) in [5.74, 6) is -0.611. The highest BCUT2D eigenvalue weighted by molar-refractivity contribution is 14.1. The summed E-state index contributed by atoms with van der Waals surface area (Å²) in [5, 5.41) is 14.5. The van der Waals surface area contributed by atoms with E-state index in [2.05, 4.69) is 33.2 Å². The molecule has 2 amide bonds. The average molecular weight is 689 g/mol. The van der Waals surface area contributed by atoms with Gasteiger partial charge < -0.3 is 34.7 Å². The first-order chi connectivity index (χ1) is 17.9. The molecule has 0 aliphatic carbocycles. The van der Waals surface area contributed by atoms with Gasteiger partial charge >= 0.3 is 24.1 Å². The monoisotopic (exact) mass is 688 g/mol. The number of esters is 2. The smallest absolute Gasteiger partial charge is 0.407 e. The number of alkyl carbamates (subject to hydrolysis) is 2. The standard InChI is InChI=1S/C14H26INO4.C14H27NO5/c1-13(2,3)19-11(17)8-7-10(9-15)16-12(18)20-14(4,5)6;1-13(2,3)19-11(17)8-7-10(9-16)15-12(18)20-14(4,5)6/h10H,7-9H2,1-6H3,(H,16,18);10,16H,7-9H2,1-6H3,(H,15,18)/t2*10-/m11/s1. The Bertz CT molecular complexity index is 726. The van der Waals surface area contributed by atoms with Crippen molar-refractivity contribution < 1.29 is 43.2 Å². The number of ether oxygens (including phenoxy) is 4. The molecule has 236 valence electrons. The second kappa shape index (κ2) is 17.9. The van der Waals surface area contributed by atoms with Gasteiger partial charge in [0.15, 0.2) is 0 Å². The molecule has 0 aromatic heterocycles. The largest absolute Gasteiger partial charge is 0.460 e. The maximum atomic E-state index is 11.6. The molecule has 0 aliphatic rings. The molecule has 0 spiro atoms. The molecule has 0 aromatic rings. The molecule has 0 rings (SSSR count). The van der Waals surface area contributed by atoms with Gasteiger partial charge in [0.2, 0.25) is 0 Å². The lowest BCUT2D eigenvalue weighted by Gasteiger charge is -2.23. The van der Waals surface area contributed by atoms with E-state index in [0.717, 1.165) is 0 Å². The number of halogens is 1. The van der Waals surface area contributed by atoms with Gasteiger partial charge in [-0.2, -0.15) is 0 Å². The van der Waals surface area contributed by atoms with Crippen LogP contribution in [0.5, 0.6) is 0 Å². The Kier molecular flexibility index (Phi) is 18.0. The van der Waals surface area contributed by atoms with E-state index in [1.54, 1.807) is 41.5 Å². The summed E-state index contributed by atoms with van der Waals surface area (Å²) in [6.07, 6.45) is 0.171. The lowest BCUT2D eigenvalue weighted by atomic mass is 10.1. The molecule has 3 N–H and O–H groups in total. The molecule has 2 atom stereocenters. The SMILES string of the molecule is CC(C)(C)OC(=O)CC[C@H](CI)NC(=O)OC(C)(C)C.CC(C)(C)OC(=O)CC[C@H](CO)NC(=O)OC(C)(C)C. The van der Waals surface area contributed by atoms with Crippen LogP contribution in [0.1, 0.15) is 109 Å². The van der Waals surface area contributed by atoms with Crippen LogP contribution in [0.25, 0.3) is 0 Å². The molecule has 0 fully saturated rings. The van der Waals surface area contributed by atoms with Crippen LogP contribution in [-0.2, 0) is 28.5 Å². The second-order valence-electron chi connectivity index (χ2n) is 13.3. The van der Waals surface area contributed by atoms with Crippen molar-refractivity contribution in [1.82, 2.24) is 10.6 Å². The number of carbonyl (C=O) groups is 4. The lowest BCUT2D eigenvalue weighted by Crippen LogP contribution is -2.41. The van der Waals surface area contributed by atoms with Crippen molar-refractivity contribution in [3.8, 4) is 0 Å². The fraction of sp³-hybridized carbons (Fsp3) is 0.857. The Hall–Kier alpha value is -1.83. The quantitative estimate of drug-likeness (QED) is 0.118. The Morgan fingerprint density at radius 2 is 0.900 bits per heavy atom. The van der Waals surface area contributed by atoms with Crippen LogP contribution in [0.2, 0.25) is 0 Å².